The molecular weight excluding hydrogens is 377 g/mol. The van der Waals surface area contributed by atoms with Gasteiger partial charge in [-0.3, -0.25) is 4.79 Å². The van der Waals surface area contributed by atoms with Crippen LogP contribution in [0.15, 0.2) is 54.0 Å². The van der Waals surface area contributed by atoms with Crippen molar-refractivity contribution in [3.8, 4) is 16.9 Å². The van der Waals surface area contributed by atoms with E-state index in [0.717, 1.165) is 4.70 Å². The van der Waals surface area contributed by atoms with E-state index in [2.05, 4.69) is 10.1 Å². The molecule has 9 heteroatoms. The van der Waals surface area contributed by atoms with Crippen molar-refractivity contribution in [3.63, 3.8) is 0 Å². The fraction of sp³-hybridized carbons (Fsp3) is 0.0556. The number of carbonyl (C=O) groups is 1. The normalized spacial score (nSPS) is 11.8. The number of carbonyl (C=O) groups excluding carboxylic acids is 1. The van der Waals surface area contributed by atoms with E-state index in [1.165, 1.54) is 23.5 Å². The van der Waals surface area contributed by atoms with E-state index in [1.807, 2.05) is 0 Å². The van der Waals surface area contributed by atoms with Gasteiger partial charge in [-0.2, -0.15) is 18.3 Å². The molecule has 5 nitrogen and oxygen atoms in total. The Morgan fingerprint density at radius 1 is 1.11 bits per heavy atom. The van der Waals surface area contributed by atoms with Gasteiger partial charge in [-0.15, -0.1) is 11.3 Å². The van der Waals surface area contributed by atoms with Crippen LogP contribution in [-0.4, -0.2) is 20.7 Å². The molecule has 0 aliphatic carbocycles. The molecule has 0 radical (unpaired) electrons. The molecule has 4 aromatic rings. The van der Waals surface area contributed by atoms with E-state index in [4.69, 9.17) is 5.73 Å². The second kappa shape index (κ2) is 6.20. The molecule has 0 aliphatic rings. The van der Waals surface area contributed by atoms with Gasteiger partial charge in [-0.25, -0.2) is 9.67 Å². The molecule has 0 unspecified atom stereocenters. The zero-order valence-electron chi connectivity index (χ0n) is 13.6. The first-order chi connectivity index (χ1) is 12.9. The Morgan fingerprint density at radius 3 is 2.52 bits per heavy atom. The molecule has 0 saturated heterocycles. The molecule has 136 valence electrons. The second-order valence-electron chi connectivity index (χ2n) is 5.72. The van der Waals surface area contributed by atoms with Crippen LogP contribution in [0.4, 0.5) is 13.2 Å². The molecule has 0 bridgehead atoms. The van der Waals surface area contributed by atoms with Crippen molar-refractivity contribution in [2.45, 2.75) is 6.18 Å². The van der Waals surface area contributed by atoms with Gasteiger partial charge in [0.15, 0.2) is 5.69 Å². The molecule has 0 aliphatic heterocycles. The predicted molar refractivity (Wildman–Crippen MR) is 95.7 cm³/mol. The molecule has 0 saturated carbocycles. The largest absolute Gasteiger partial charge is 0.434 e. The number of benzene rings is 2. The summed E-state index contributed by atoms with van der Waals surface area (Å²) in [4.78, 5) is 16.1. The van der Waals surface area contributed by atoms with Crippen LogP contribution in [0.25, 0.3) is 27.2 Å². The van der Waals surface area contributed by atoms with E-state index in [9.17, 15) is 18.0 Å². The van der Waals surface area contributed by atoms with Crippen molar-refractivity contribution in [2.24, 2.45) is 5.73 Å². The maximum absolute atomic E-state index is 13.8. The van der Waals surface area contributed by atoms with Gasteiger partial charge in [0, 0.05) is 5.56 Å². The van der Waals surface area contributed by atoms with E-state index in [-0.39, 0.29) is 11.4 Å². The van der Waals surface area contributed by atoms with Gasteiger partial charge in [-0.1, -0.05) is 24.3 Å². The average Bonchev–Trinajstić information content (AvgIpc) is 3.26. The lowest BCUT2D eigenvalue weighted by Gasteiger charge is -2.11. The van der Waals surface area contributed by atoms with Gasteiger partial charge in [-0.05, 0) is 24.3 Å². The lowest BCUT2D eigenvalue weighted by atomic mass is 10.0. The number of hydrogen-bond donors (Lipinski definition) is 1. The first-order valence-electron chi connectivity index (χ1n) is 7.75. The summed E-state index contributed by atoms with van der Waals surface area (Å²) >= 11 is 1.40. The quantitative estimate of drug-likeness (QED) is 0.570. The number of rotatable bonds is 3. The number of alkyl halides is 3. The maximum atomic E-state index is 13.8. The fourth-order valence-corrected chi connectivity index (χ4v) is 3.54. The lowest BCUT2D eigenvalue weighted by Crippen LogP contribution is -2.21. The summed E-state index contributed by atoms with van der Waals surface area (Å²) < 4.78 is 43.0. The van der Waals surface area contributed by atoms with Gasteiger partial charge in [0.25, 0.3) is 5.91 Å². The van der Waals surface area contributed by atoms with E-state index < -0.39 is 23.3 Å². The Morgan fingerprint density at radius 2 is 1.85 bits per heavy atom. The van der Waals surface area contributed by atoms with E-state index in [1.54, 1.807) is 41.9 Å². The topological polar surface area (TPSA) is 73.8 Å². The van der Waals surface area contributed by atoms with Crippen LogP contribution in [0.2, 0.25) is 0 Å². The van der Waals surface area contributed by atoms with Crippen LogP contribution in [0.3, 0.4) is 0 Å². The number of halogens is 3. The summed E-state index contributed by atoms with van der Waals surface area (Å²) in [6.07, 6.45) is -4.82. The highest BCUT2D eigenvalue weighted by Crippen LogP contribution is 2.38. The van der Waals surface area contributed by atoms with E-state index in [0.29, 0.717) is 15.8 Å². The summed E-state index contributed by atoms with van der Waals surface area (Å²) in [6.45, 7) is 0. The predicted octanol–water partition coefficient (Wildman–Crippen LogP) is 4.27. The number of nitrogens with two attached hydrogens (primary N) is 1. The summed E-state index contributed by atoms with van der Waals surface area (Å²) in [6, 6.07) is 12.7. The Bertz CT molecular complexity index is 1150. The lowest BCUT2D eigenvalue weighted by molar-refractivity contribution is -0.143. The SMILES string of the molecule is NC(=O)c1c(-c2ccc3scnc3c2)nn(-c2ccccc2)c1C(F)(F)F. The molecule has 2 aromatic heterocycles. The summed E-state index contributed by atoms with van der Waals surface area (Å²) in [5.74, 6) is -1.20. The monoisotopic (exact) mass is 388 g/mol. The average molecular weight is 388 g/mol. The molecule has 0 fully saturated rings. The first-order valence-corrected chi connectivity index (χ1v) is 8.63. The highest BCUT2D eigenvalue weighted by molar-refractivity contribution is 7.16. The molecule has 2 N–H and O–H groups in total. The van der Waals surface area contributed by atoms with Gasteiger partial charge < -0.3 is 5.73 Å². The smallest absolute Gasteiger partial charge is 0.365 e. The fourth-order valence-electron chi connectivity index (χ4n) is 2.88. The second-order valence-corrected chi connectivity index (χ2v) is 6.60. The molecule has 2 heterocycles. The zero-order chi connectivity index (χ0) is 19.2. The number of hydrogen-bond acceptors (Lipinski definition) is 4. The van der Waals surface area contributed by atoms with Crippen molar-refractivity contribution in [1.29, 1.82) is 0 Å². The zero-order valence-corrected chi connectivity index (χ0v) is 14.4. The number of amides is 1. The Balaban J connectivity index is 2.04. The Labute approximate surface area is 154 Å². The van der Waals surface area contributed by atoms with Gasteiger partial charge in [0.2, 0.25) is 0 Å². The molecular formula is C18H11F3N4OS. The molecule has 0 atom stereocenters. The third-order valence-electron chi connectivity index (χ3n) is 4.00. The van der Waals surface area contributed by atoms with Crippen LogP contribution >= 0.6 is 11.3 Å². The first kappa shape index (κ1) is 17.2. The standard InChI is InChI=1S/C18H11F3N4OS/c19-18(20,21)16-14(17(22)26)15(24-25(16)11-4-2-1-3-5-11)10-6-7-13-12(8-10)23-9-27-13/h1-9H,(H2,22,26). The van der Waals surface area contributed by atoms with Gasteiger partial charge in [0.05, 0.1) is 27.0 Å². The third-order valence-corrected chi connectivity index (χ3v) is 4.81. The molecule has 2 aromatic carbocycles. The van der Waals surface area contributed by atoms with Gasteiger partial charge >= 0.3 is 6.18 Å². The van der Waals surface area contributed by atoms with Crippen LogP contribution in [0, 0.1) is 0 Å². The summed E-state index contributed by atoms with van der Waals surface area (Å²) in [5, 5.41) is 4.10. The minimum atomic E-state index is -4.82. The highest BCUT2D eigenvalue weighted by Gasteiger charge is 2.42. The number of aromatic nitrogens is 3. The summed E-state index contributed by atoms with van der Waals surface area (Å²) in [5.41, 5.74) is 6.08. The highest BCUT2D eigenvalue weighted by atomic mass is 32.1. The molecule has 27 heavy (non-hydrogen) atoms. The van der Waals surface area contributed by atoms with Crippen LogP contribution < -0.4 is 5.73 Å². The number of thiazole rings is 1. The molecule has 0 spiro atoms. The number of fused-ring (bicyclic) bond motifs is 1. The minimum absolute atomic E-state index is 0.131. The summed E-state index contributed by atoms with van der Waals surface area (Å²) in [7, 11) is 0. The van der Waals surface area contributed by atoms with Crippen molar-refractivity contribution in [1.82, 2.24) is 14.8 Å². The minimum Gasteiger partial charge on any atom is -0.365 e. The number of primary amides is 1. The molecule has 1 amide bonds. The van der Waals surface area contributed by atoms with Crippen molar-refractivity contribution < 1.29 is 18.0 Å². The van der Waals surface area contributed by atoms with Crippen LogP contribution in [0.5, 0.6) is 0 Å². The maximum Gasteiger partial charge on any atom is 0.434 e. The Kier molecular flexibility index (Phi) is 3.96. The van der Waals surface area contributed by atoms with Crippen LogP contribution in [0.1, 0.15) is 16.1 Å². The number of para-hydroxylation sites is 1. The van der Waals surface area contributed by atoms with E-state index >= 15 is 0 Å². The van der Waals surface area contributed by atoms with Crippen LogP contribution in [-0.2, 0) is 6.18 Å². The third kappa shape index (κ3) is 2.95. The van der Waals surface area contributed by atoms with Crippen molar-refractivity contribution >= 4 is 27.5 Å². The van der Waals surface area contributed by atoms with Crippen molar-refractivity contribution in [3.05, 3.63) is 65.3 Å². The number of nitrogens with zero attached hydrogens (tertiary/aromatic N) is 3. The van der Waals surface area contributed by atoms with Gasteiger partial charge in [0.1, 0.15) is 5.69 Å². The molecule has 4 rings (SSSR count). The Hall–Kier alpha value is -3.20. The van der Waals surface area contributed by atoms with Crippen molar-refractivity contribution in [2.75, 3.05) is 0 Å².